The highest BCUT2D eigenvalue weighted by atomic mass is 19.1. The summed E-state index contributed by atoms with van der Waals surface area (Å²) in [6.07, 6.45) is 3.01. The van der Waals surface area contributed by atoms with Crippen LogP contribution in [-0.4, -0.2) is 20.8 Å². The molecule has 1 aliphatic carbocycles. The Hall–Kier alpha value is -2.99. The second-order valence-corrected chi connectivity index (χ2v) is 8.21. The number of aromatic nitrogens is 2. The molecule has 0 bridgehead atoms. The summed E-state index contributed by atoms with van der Waals surface area (Å²) >= 11 is 0. The largest absolute Gasteiger partial charge is 0.385 e. The molecule has 0 radical (unpaired) electrons. The van der Waals surface area contributed by atoms with E-state index in [1.54, 1.807) is 23.9 Å². The van der Waals surface area contributed by atoms with Crippen LogP contribution in [0, 0.1) is 5.82 Å². The highest BCUT2D eigenvalue weighted by Gasteiger charge is 2.33. The van der Waals surface area contributed by atoms with Crippen molar-refractivity contribution in [2.45, 2.75) is 44.1 Å². The van der Waals surface area contributed by atoms with Gasteiger partial charge < -0.3 is 10.4 Å². The fraction of sp³-hybridized carbons (Fsp3) is 0.333. The van der Waals surface area contributed by atoms with Crippen molar-refractivity contribution in [2.75, 3.05) is 5.32 Å². The first kappa shape index (κ1) is 20.3. The van der Waals surface area contributed by atoms with Crippen LogP contribution < -0.4 is 5.32 Å². The minimum atomic E-state index is -1.62. The van der Waals surface area contributed by atoms with Crippen molar-refractivity contribution in [1.29, 1.82) is 0 Å². The number of nitrogens with one attached hydrogen (secondary N) is 1. The molecule has 2 aromatic carbocycles. The van der Waals surface area contributed by atoms with Crippen LogP contribution in [-0.2, 0) is 17.4 Å². The molecule has 1 saturated carbocycles. The molecule has 1 amide bonds. The zero-order valence-electron chi connectivity index (χ0n) is 17.2. The van der Waals surface area contributed by atoms with E-state index >= 15 is 0 Å². The Kier molecular flexibility index (Phi) is 5.43. The molecular formula is C24H26FN3O2. The number of anilines is 1. The maximum atomic E-state index is 14.1. The maximum absolute atomic E-state index is 14.1. The van der Waals surface area contributed by atoms with Gasteiger partial charge in [0.1, 0.15) is 11.6 Å². The van der Waals surface area contributed by atoms with Gasteiger partial charge in [-0.25, -0.2) is 4.39 Å². The van der Waals surface area contributed by atoms with Crippen molar-refractivity contribution >= 4 is 11.7 Å². The van der Waals surface area contributed by atoms with Crippen molar-refractivity contribution in [1.82, 2.24) is 9.78 Å². The van der Waals surface area contributed by atoms with Crippen molar-refractivity contribution in [2.24, 2.45) is 7.05 Å². The molecule has 30 heavy (non-hydrogen) atoms. The van der Waals surface area contributed by atoms with E-state index in [-0.39, 0.29) is 17.9 Å². The predicted octanol–water partition coefficient (Wildman–Crippen LogP) is 4.73. The second kappa shape index (κ2) is 8.03. The molecule has 1 aliphatic rings. The van der Waals surface area contributed by atoms with Gasteiger partial charge in [-0.15, -0.1) is 0 Å². The number of benzene rings is 2. The van der Waals surface area contributed by atoms with E-state index in [0.717, 1.165) is 36.1 Å². The van der Waals surface area contributed by atoms with E-state index in [0.29, 0.717) is 11.7 Å². The highest BCUT2D eigenvalue weighted by molar-refractivity contribution is 5.92. The number of aliphatic hydroxyl groups is 1. The van der Waals surface area contributed by atoms with E-state index in [2.05, 4.69) is 10.4 Å². The molecule has 6 heteroatoms. The summed E-state index contributed by atoms with van der Waals surface area (Å²) in [5.74, 6) is 0.0768. The van der Waals surface area contributed by atoms with Gasteiger partial charge in [-0.1, -0.05) is 55.0 Å². The summed E-state index contributed by atoms with van der Waals surface area (Å²) in [5.41, 5.74) is 1.41. The van der Waals surface area contributed by atoms with E-state index in [9.17, 15) is 14.3 Å². The van der Waals surface area contributed by atoms with Gasteiger partial charge in [0.25, 0.3) is 0 Å². The lowest BCUT2D eigenvalue weighted by atomic mass is 9.79. The number of amides is 1. The molecule has 1 atom stereocenters. The Labute approximate surface area is 175 Å². The third kappa shape index (κ3) is 3.87. The van der Waals surface area contributed by atoms with Gasteiger partial charge in [0, 0.05) is 23.7 Å². The quantitative estimate of drug-likeness (QED) is 0.621. The van der Waals surface area contributed by atoms with Crippen LogP contribution in [0.2, 0.25) is 0 Å². The SMILES string of the molecule is Cn1nc(-c2ccccc2)c(C2CCC2)c1NC(=O)CC(C)(O)c1ccccc1F. The van der Waals surface area contributed by atoms with E-state index in [1.165, 1.54) is 19.1 Å². The van der Waals surface area contributed by atoms with Crippen molar-refractivity contribution in [3.05, 3.63) is 71.5 Å². The molecule has 4 rings (SSSR count). The molecule has 1 heterocycles. The van der Waals surface area contributed by atoms with Crippen LogP contribution in [0.3, 0.4) is 0 Å². The number of carbonyl (C=O) groups excluding carboxylic acids is 1. The van der Waals surface area contributed by atoms with Gasteiger partial charge in [0.15, 0.2) is 0 Å². The van der Waals surface area contributed by atoms with Crippen LogP contribution in [0.1, 0.15) is 49.7 Å². The molecule has 1 fully saturated rings. The van der Waals surface area contributed by atoms with E-state index < -0.39 is 11.4 Å². The van der Waals surface area contributed by atoms with Crippen molar-refractivity contribution in [3.63, 3.8) is 0 Å². The Morgan fingerprint density at radius 1 is 1.20 bits per heavy atom. The lowest BCUT2D eigenvalue weighted by molar-refractivity contribution is -0.120. The van der Waals surface area contributed by atoms with Gasteiger partial charge >= 0.3 is 0 Å². The third-order valence-corrected chi connectivity index (χ3v) is 5.86. The lowest BCUT2D eigenvalue weighted by Gasteiger charge is -2.27. The van der Waals surface area contributed by atoms with E-state index in [1.807, 2.05) is 30.3 Å². The smallest absolute Gasteiger partial charge is 0.228 e. The molecule has 5 nitrogen and oxygen atoms in total. The molecule has 0 aliphatic heterocycles. The minimum absolute atomic E-state index is 0.106. The zero-order chi connectivity index (χ0) is 21.3. The first-order chi connectivity index (χ1) is 14.4. The summed E-state index contributed by atoms with van der Waals surface area (Å²) in [5, 5.41) is 18.4. The Balaban J connectivity index is 1.62. The Morgan fingerprint density at radius 2 is 1.87 bits per heavy atom. The highest BCUT2D eigenvalue weighted by Crippen LogP contribution is 2.44. The number of hydrogen-bond donors (Lipinski definition) is 2. The molecule has 3 aromatic rings. The van der Waals surface area contributed by atoms with Gasteiger partial charge in [0.05, 0.1) is 17.7 Å². The van der Waals surface area contributed by atoms with E-state index in [4.69, 9.17) is 0 Å². The van der Waals surface area contributed by atoms with Crippen LogP contribution in [0.5, 0.6) is 0 Å². The summed E-state index contributed by atoms with van der Waals surface area (Å²) in [6.45, 7) is 1.45. The third-order valence-electron chi connectivity index (χ3n) is 5.86. The number of carbonyl (C=O) groups is 1. The van der Waals surface area contributed by atoms with Crippen LogP contribution in [0.15, 0.2) is 54.6 Å². The van der Waals surface area contributed by atoms with Crippen molar-refractivity contribution in [3.8, 4) is 11.3 Å². The molecule has 156 valence electrons. The molecule has 0 saturated heterocycles. The van der Waals surface area contributed by atoms with Crippen LogP contribution in [0.4, 0.5) is 10.2 Å². The molecule has 1 aromatic heterocycles. The fourth-order valence-corrected chi connectivity index (χ4v) is 4.06. The predicted molar refractivity (Wildman–Crippen MR) is 114 cm³/mol. The Bertz CT molecular complexity index is 1060. The van der Waals surface area contributed by atoms with Gasteiger partial charge in [-0.2, -0.15) is 5.10 Å². The summed E-state index contributed by atoms with van der Waals surface area (Å²) in [6, 6.07) is 15.9. The monoisotopic (exact) mass is 407 g/mol. The van der Waals surface area contributed by atoms with Gasteiger partial charge in [-0.3, -0.25) is 9.48 Å². The minimum Gasteiger partial charge on any atom is -0.385 e. The summed E-state index contributed by atoms with van der Waals surface area (Å²) < 4.78 is 15.8. The molecule has 2 N–H and O–H groups in total. The molecule has 1 unspecified atom stereocenters. The van der Waals surface area contributed by atoms with Crippen molar-refractivity contribution < 1.29 is 14.3 Å². The average Bonchev–Trinajstić information content (AvgIpc) is 2.97. The number of hydrogen-bond acceptors (Lipinski definition) is 3. The maximum Gasteiger partial charge on any atom is 0.228 e. The Morgan fingerprint density at radius 3 is 2.50 bits per heavy atom. The normalized spacial score (nSPS) is 16.0. The number of aryl methyl sites for hydroxylation is 1. The van der Waals surface area contributed by atoms with Gasteiger partial charge in [-0.05, 0) is 31.7 Å². The topological polar surface area (TPSA) is 67.2 Å². The average molecular weight is 407 g/mol. The van der Waals surface area contributed by atoms with Crippen LogP contribution in [0.25, 0.3) is 11.3 Å². The molecule has 0 spiro atoms. The second-order valence-electron chi connectivity index (χ2n) is 8.21. The summed E-state index contributed by atoms with van der Waals surface area (Å²) in [4.78, 5) is 12.9. The zero-order valence-corrected chi connectivity index (χ0v) is 17.2. The fourth-order valence-electron chi connectivity index (χ4n) is 4.06. The molecular weight excluding hydrogens is 381 g/mol. The first-order valence-corrected chi connectivity index (χ1v) is 10.3. The number of halogens is 1. The van der Waals surface area contributed by atoms with Gasteiger partial charge in [0.2, 0.25) is 5.91 Å². The summed E-state index contributed by atoms with van der Waals surface area (Å²) in [7, 11) is 1.80. The standard InChI is InChI=1S/C24H26FN3O2/c1-24(30,18-13-6-7-14-19(18)25)15-20(29)26-23-21(16-11-8-12-16)22(27-28(23)2)17-9-4-3-5-10-17/h3-7,9-10,13-14,16,30H,8,11-12,15H2,1-2H3,(H,26,29). The number of rotatable bonds is 6. The number of nitrogens with zero attached hydrogens (tertiary/aromatic N) is 2. The first-order valence-electron chi connectivity index (χ1n) is 10.3. The lowest BCUT2D eigenvalue weighted by Crippen LogP contribution is -2.30. The van der Waals surface area contributed by atoms with Crippen LogP contribution >= 0.6 is 0 Å².